The highest BCUT2D eigenvalue weighted by Crippen LogP contribution is 2.61. The Balaban J connectivity index is 1.46. The molecule has 6 rings (SSSR count). The minimum absolute atomic E-state index is 0.0512. The first-order valence-corrected chi connectivity index (χ1v) is 16.1. The summed E-state index contributed by atoms with van der Waals surface area (Å²) >= 11 is 0. The fourth-order valence-corrected chi connectivity index (χ4v) is 8.13. The van der Waals surface area contributed by atoms with Gasteiger partial charge in [-0.05, 0) is 66.7 Å². The molecule has 2 aromatic rings. The van der Waals surface area contributed by atoms with Gasteiger partial charge in [-0.25, -0.2) is 0 Å². The lowest BCUT2D eigenvalue weighted by Gasteiger charge is -2.62. The van der Waals surface area contributed by atoms with Crippen LogP contribution in [-0.2, 0) is 16.2 Å². The Kier molecular flexibility index (Phi) is 9.52. The molecule has 246 valence electrons. The summed E-state index contributed by atoms with van der Waals surface area (Å²) in [6, 6.07) is 10.7. The van der Waals surface area contributed by atoms with Gasteiger partial charge in [0.05, 0.1) is 26.4 Å². The first-order valence-electron chi connectivity index (χ1n) is 16.1. The summed E-state index contributed by atoms with van der Waals surface area (Å²) in [5.74, 6) is 1.07. The van der Waals surface area contributed by atoms with Crippen molar-refractivity contribution < 1.29 is 29.4 Å². The summed E-state index contributed by atoms with van der Waals surface area (Å²) in [6.45, 7) is 8.40. The number of rotatable bonds is 10. The molecule has 3 saturated carbocycles. The van der Waals surface area contributed by atoms with Crippen LogP contribution >= 0.6 is 0 Å². The maximum atomic E-state index is 14.1. The molecule has 3 aliphatic carbocycles. The van der Waals surface area contributed by atoms with Gasteiger partial charge < -0.3 is 30.5 Å². The van der Waals surface area contributed by atoms with Crippen LogP contribution in [0.2, 0.25) is 0 Å². The Morgan fingerprint density at radius 1 is 1.20 bits per heavy atom. The third-order valence-corrected chi connectivity index (χ3v) is 10.9. The number of hydrogen-bond donors (Lipinski definition) is 4. The smallest absolute Gasteiger partial charge is 0.251 e. The Hall–Kier alpha value is -3.18. The van der Waals surface area contributed by atoms with Crippen molar-refractivity contribution in [3.05, 3.63) is 47.5 Å². The number of amides is 2. The first kappa shape index (κ1) is 33.2. The number of nitrogens with one attached hydrogen (secondary N) is 2. The van der Waals surface area contributed by atoms with Gasteiger partial charge in [0.2, 0.25) is 5.91 Å². The van der Waals surface area contributed by atoms with Gasteiger partial charge in [-0.2, -0.15) is 5.06 Å². The van der Waals surface area contributed by atoms with Crippen LogP contribution in [0.1, 0.15) is 56.5 Å². The highest BCUT2D eigenvalue weighted by molar-refractivity contribution is 5.97. The van der Waals surface area contributed by atoms with Crippen LogP contribution < -0.4 is 20.3 Å². The maximum Gasteiger partial charge on any atom is 0.251 e. The number of fused-ring (bicyclic) bond motifs is 2. The largest absolute Gasteiger partial charge is 0.496 e. The van der Waals surface area contributed by atoms with Crippen molar-refractivity contribution in [2.24, 2.45) is 29.1 Å². The zero-order chi connectivity index (χ0) is 32.8. The van der Waals surface area contributed by atoms with E-state index in [2.05, 4.69) is 31.4 Å². The Morgan fingerprint density at radius 2 is 1.93 bits per heavy atom. The van der Waals surface area contributed by atoms with E-state index in [0.29, 0.717) is 34.5 Å². The van der Waals surface area contributed by atoms with Gasteiger partial charge in [-0.3, -0.25) is 14.4 Å². The zero-order valence-corrected chi connectivity index (χ0v) is 27.8. The summed E-state index contributed by atoms with van der Waals surface area (Å²) in [4.78, 5) is 34.9. The topological polar surface area (TPSA) is 124 Å². The molecule has 2 bridgehead atoms. The summed E-state index contributed by atoms with van der Waals surface area (Å²) in [6.07, 6.45) is 0.523. The fraction of sp³-hybridized carbons (Fsp3) is 0.600. The van der Waals surface area contributed by atoms with Crippen LogP contribution in [0.4, 0.5) is 5.69 Å². The van der Waals surface area contributed by atoms with E-state index in [0.717, 1.165) is 28.8 Å². The summed E-state index contributed by atoms with van der Waals surface area (Å²) in [5, 5.41) is 28.7. The number of hydroxylamine groups is 2. The van der Waals surface area contributed by atoms with Gasteiger partial charge in [0.1, 0.15) is 17.9 Å². The Labute approximate surface area is 267 Å². The number of aliphatic hydroxyl groups is 2. The molecule has 0 radical (unpaired) electrons. The molecule has 10 nitrogen and oxygen atoms in total. The molecular weight excluding hydrogens is 572 g/mol. The second-order valence-corrected chi connectivity index (χ2v) is 14.0. The lowest BCUT2D eigenvalue weighted by Crippen LogP contribution is -2.62. The number of nitrogens with zero attached hydrogens (tertiary/aromatic N) is 2. The number of methoxy groups -OCH3 is 1. The van der Waals surface area contributed by atoms with Crippen molar-refractivity contribution in [1.82, 2.24) is 15.7 Å². The van der Waals surface area contributed by atoms with Crippen molar-refractivity contribution in [3.63, 3.8) is 0 Å². The predicted octanol–water partition coefficient (Wildman–Crippen LogP) is 3.45. The third kappa shape index (κ3) is 6.05. The highest BCUT2D eigenvalue weighted by atomic mass is 16.7. The molecule has 1 saturated heterocycles. The molecule has 0 spiro atoms. The molecule has 2 amide bonds. The number of ether oxygens (including phenoxy) is 1. The van der Waals surface area contributed by atoms with Gasteiger partial charge in [0.25, 0.3) is 5.91 Å². The van der Waals surface area contributed by atoms with E-state index in [-0.39, 0.29) is 31.0 Å². The molecule has 4 aliphatic rings. The number of benzene rings is 2. The van der Waals surface area contributed by atoms with Crippen LogP contribution in [-0.4, -0.2) is 86.2 Å². The highest BCUT2D eigenvalue weighted by Gasteiger charge is 2.57. The van der Waals surface area contributed by atoms with Gasteiger partial charge in [-0.1, -0.05) is 39.0 Å². The van der Waals surface area contributed by atoms with E-state index in [9.17, 15) is 19.8 Å². The third-order valence-electron chi connectivity index (χ3n) is 10.9. The molecule has 1 aliphatic heterocycles. The SMILES string of the molecule is CNC(=O)c1cc(-c2cccc(CN3O[C@@H](CO)[C@H]([C@H](C)O)[C@H]3C(=O)N[C@H]3C[C@H]4C[C@@H]([C@@H]3C)C4(C)C)c2OC)cc(N(C)C)c1. The van der Waals surface area contributed by atoms with Crippen LogP contribution in [0.15, 0.2) is 36.4 Å². The number of aliphatic hydroxyl groups excluding tert-OH is 2. The summed E-state index contributed by atoms with van der Waals surface area (Å²) < 4.78 is 5.97. The monoisotopic (exact) mass is 622 g/mol. The van der Waals surface area contributed by atoms with Crippen LogP contribution in [0.25, 0.3) is 11.1 Å². The van der Waals surface area contributed by atoms with Crippen molar-refractivity contribution in [1.29, 1.82) is 0 Å². The molecule has 2 aromatic carbocycles. The number of carbonyl (C=O) groups excluding carboxylic acids is 2. The number of hydrogen-bond acceptors (Lipinski definition) is 8. The first-order chi connectivity index (χ1) is 21.3. The molecule has 45 heavy (non-hydrogen) atoms. The Morgan fingerprint density at radius 3 is 2.51 bits per heavy atom. The van der Waals surface area contributed by atoms with Gasteiger partial charge >= 0.3 is 0 Å². The van der Waals surface area contributed by atoms with Crippen molar-refractivity contribution in [2.75, 3.05) is 39.8 Å². The van der Waals surface area contributed by atoms with E-state index in [1.54, 1.807) is 26.1 Å². The number of carbonyl (C=O) groups is 2. The van der Waals surface area contributed by atoms with E-state index in [1.807, 2.05) is 55.4 Å². The molecule has 8 atom stereocenters. The normalized spacial score (nSPS) is 29.4. The minimum Gasteiger partial charge on any atom is -0.496 e. The number of anilines is 1. The maximum absolute atomic E-state index is 14.1. The van der Waals surface area contributed by atoms with E-state index in [4.69, 9.17) is 9.57 Å². The molecule has 0 aromatic heterocycles. The van der Waals surface area contributed by atoms with Crippen LogP contribution in [0, 0.1) is 29.1 Å². The molecule has 1 heterocycles. The lowest BCUT2D eigenvalue weighted by atomic mass is 9.45. The molecule has 4 N–H and O–H groups in total. The van der Waals surface area contributed by atoms with Gasteiger partial charge in [0, 0.05) is 55.5 Å². The minimum atomic E-state index is -0.885. The molecule has 0 unspecified atom stereocenters. The fourth-order valence-electron chi connectivity index (χ4n) is 8.13. The second-order valence-electron chi connectivity index (χ2n) is 14.0. The molecule has 4 fully saturated rings. The quantitative estimate of drug-likeness (QED) is 0.318. The predicted molar refractivity (Wildman–Crippen MR) is 174 cm³/mol. The van der Waals surface area contributed by atoms with Crippen LogP contribution in [0.3, 0.4) is 0 Å². The molecule has 10 heteroatoms. The molecular formula is C35H50N4O6. The van der Waals surface area contributed by atoms with Gasteiger partial charge in [-0.15, -0.1) is 0 Å². The van der Waals surface area contributed by atoms with E-state index in [1.165, 1.54) is 6.42 Å². The second kappa shape index (κ2) is 12.9. The zero-order valence-electron chi connectivity index (χ0n) is 27.8. The standard InChI is InChI=1S/C35H50N4O6/c1-19-27-15-24(35(27,3)4)16-28(19)37-34(43)31-30(20(2)41)29(18-40)45-39(31)17-21-10-9-11-26(32(21)44-8)22-12-23(33(42)36-5)14-25(13-22)38(6)7/h9-14,19-20,24,27-31,40-41H,15-18H2,1-8H3,(H,36,42)(H,37,43)/t19-,20-,24+,27-,28-,29-,30-,31-/m0/s1. The van der Waals surface area contributed by atoms with Gasteiger partial charge in [0.15, 0.2) is 0 Å². The Bertz CT molecular complexity index is 1410. The van der Waals surface area contributed by atoms with Crippen molar-refractivity contribution >= 4 is 17.5 Å². The van der Waals surface area contributed by atoms with Crippen molar-refractivity contribution in [2.45, 2.75) is 71.4 Å². The van der Waals surface area contributed by atoms with Crippen molar-refractivity contribution in [3.8, 4) is 16.9 Å². The van der Waals surface area contributed by atoms with E-state index < -0.39 is 24.2 Å². The average Bonchev–Trinajstić information content (AvgIpc) is 3.39. The average molecular weight is 623 g/mol. The number of para-hydroxylation sites is 1. The summed E-state index contributed by atoms with van der Waals surface area (Å²) in [7, 11) is 7.04. The van der Waals surface area contributed by atoms with E-state index >= 15 is 0 Å². The lowest BCUT2D eigenvalue weighted by molar-refractivity contribution is -0.183. The summed E-state index contributed by atoms with van der Waals surface area (Å²) in [5.41, 5.74) is 4.03. The van der Waals surface area contributed by atoms with Crippen LogP contribution in [0.5, 0.6) is 5.75 Å².